The van der Waals surface area contributed by atoms with Gasteiger partial charge in [-0.15, -0.1) is 0 Å². The SMILES string of the molecule is CC(C)(C)c1ccc(C#Cc2ccncc2OC(N)=O)cc1. The van der Waals surface area contributed by atoms with Crippen molar-refractivity contribution in [2.75, 3.05) is 0 Å². The summed E-state index contributed by atoms with van der Waals surface area (Å²) in [6.45, 7) is 6.49. The topological polar surface area (TPSA) is 65.2 Å². The molecular weight excluding hydrogens is 276 g/mol. The summed E-state index contributed by atoms with van der Waals surface area (Å²) >= 11 is 0. The summed E-state index contributed by atoms with van der Waals surface area (Å²) in [5.74, 6) is 6.27. The van der Waals surface area contributed by atoms with Crippen LogP contribution in [-0.4, -0.2) is 11.1 Å². The number of ether oxygens (including phenoxy) is 1. The second kappa shape index (κ2) is 6.31. The molecule has 0 bridgehead atoms. The molecule has 0 aliphatic heterocycles. The molecule has 0 aliphatic rings. The van der Waals surface area contributed by atoms with Crippen LogP contribution in [0.1, 0.15) is 37.5 Å². The fourth-order valence-corrected chi connectivity index (χ4v) is 1.87. The first-order valence-electron chi connectivity index (χ1n) is 6.90. The minimum atomic E-state index is -0.884. The zero-order valence-electron chi connectivity index (χ0n) is 12.9. The molecule has 0 saturated heterocycles. The van der Waals surface area contributed by atoms with Gasteiger partial charge in [0.05, 0.1) is 11.8 Å². The van der Waals surface area contributed by atoms with E-state index >= 15 is 0 Å². The van der Waals surface area contributed by atoms with Crippen LogP contribution in [0.15, 0.2) is 42.7 Å². The second-order valence-corrected chi connectivity index (χ2v) is 5.87. The van der Waals surface area contributed by atoms with Crippen LogP contribution in [0.4, 0.5) is 4.79 Å². The molecule has 0 saturated carbocycles. The van der Waals surface area contributed by atoms with Crippen molar-refractivity contribution in [1.29, 1.82) is 0 Å². The third-order valence-corrected chi connectivity index (χ3v) is 3.09. The Morgan fingerprint density at radius 3 is 2.41 bits per heavy atom. The van der Waals surface area contributed by atoms with E-state index in [1.54, 1.807) is 12.3 Å². The number of hydrogen-bond donors (Lipinski definition) is 1. The highest BCUT2D eigenvalue weighted by Crippen LogP contribution is 2.22. The third-order valence-electron chi connectivity index (χ3n) is 3.09. The molecule has 0 fully saturated rings. The number of benzene rings is 1. The van der Waals surface area contributed by atoms with Gasteiger partial charge in [-0.2, -0.15) is 0 Å². The summed E-state index contributed by atoms with van der Waals surface area (Å²) in [7, 11) is 0. The summed E-state index contributed by atoms with van der Waals surface area (Å²) < 4.78 is 4.87. The van der Waals surface area contributed by atoms with Crippen molar-refractivity contribution in [3.05, 3.63) is 59.4 Å². The van der Waals surface area contributed by atoms with Gasteiger partial charge in [-0.25, -0.2) is 4.79 Å². The lowest BCUT2D eigenvalue weighted by molar-refractivity contribution is 0.210. The number of nitrogens with zero attached hydrogens (tertiary/aromatic N) is 1. The molecule has 1 amide bonds. The quantitative estimate of drug-likeness (QED) is 0.821. The summed E-state index contributed by atoms with van der Waals surface area (Å²) in [5.41, 5.74) is 7.83. The summed E-state index contributed by atoms with van der Waals surface area (Å²) in [4.78, 5) is 14.7. The molecule has 1 aromatic carbocycles. The predicted octanol–water partition coefficient (Wildman–Crippen LogP) is 3.24. The number of pyridine rings is 1. The first-order valence-corrected chi connectivity index (χ1v) is 6.90. The van der Waals surface area contributed by atoms with E-state index in [-0.39, 0.29) is 11.2 Å². The van der Waals surface area contributed by atoms with E-state index in [0.717, 1.165) is 5.56 Å². The van der Waals surface area contributed by atoms with Crippen molar-refractivity contribution >= 4 is 6.09 Å². The molecule has 4 heteroatoms. The van der Waals surface area contributed by atoms with Gasteiger partial charge in [-0.05, 0) is 29.2 Å². The van der Waals surface area contributed by atoms with E-state index in [4.69, 9.17) is 10.5 Å². The van der Waals surface area contributed by atoms with Crippen LogP contribution >= 0.6 is 0 Å². The van der Waals surface area contributed by atoms with E-state index in [9.17, 15) is 4.79 Å². The lowest BCUT2D eigenvalue weighted by atomic mass is 9.87. The van der Waals surface area contributed by atoms with Crippen molar-refractivity contribution in [3.8, 4) is 17.6 Å². The van der Waals surface area contributed by atoms with E-state index in [2.05, 4.69) is 49.7 Å². The Labute approximate surface area is 130 Å². The van der Waals surface area contributed by atoms with Crippen molar-refractivity contribution in [2.45, 2.75) is 26.2 Å². The normalized spacial score (nSPS) is 10.5. The summed E-state index contributed by atoms with van der Waals surface area (Å²) in [6, 6.07) is 9.76. The average Bonchev–Trinajstić information content (AvgIpc) is 2.45. The van der Waals surface area contributed by atoms with E-state index in [0.29, 0.717) is 5.56 Å². The lowest BCUT2D eigenvalue weighted by Crippen LogP contribution is -2.16. The Balaban J connectivity index is 2.26. The van der Waals surface area contributed by atoms with Gasteiger partial charge in [0.25, 0.3) is 0 Å². The lowest BCUT2D eigenvalue weighted by Gasteiger charge is -2.18. The Morgan fingerprint density at radius 1 is 1.14 bits per heavy atom. The van der Waals surface area contributed by atoms with Crippen molar-refractivity contribution in [1.82, 2.24) is 4.98 Å². The largest absolute Gasteiger partial charge is 0.410 e. The number of carbonyl (C=O) groups excluding carboxylic acids is 1. The number of amides is 1. The molecule has 4 nitrogen and oxygen atoms in total. The average molecular weight is 294 g/mol. The van der Waals surface area contributed by atoms with Gasteiger partial charge in [-0.1, -0.05) is 44.7 Å². The number of carbonyl (C=O) groups is 1. The molecule has 0 atom stereocenters. The fraction of sp³-hybridized carbons (Fsp3) is 0.222. The van der Waals surface area contributed by atoms with Gasteiger partial charge in [0.1, 0.15) is 0 Å². The highest BCUT2D eigenvalue weighted by molar-refractivity contribution is 5.69. The van der Waals surface area contributed by atoms with Crippen molar-refractivity contribution in [2.24, 2.45) is 5.73 Å². The molecule has 1 aromatic heterocycles. The fourth-order valence-electron chi connectivity index (χ4n) is 1.87. The van der Waals surface area contributed by atoms with Gasteiger partial charge < -0.3 is 10.5 Å². The molecule has 0 unspecified atom stereocenters. The smallest absolute Gasteiger partial charge is 0.407 e. The molecular formula is C18H18N2O2. The van der Waals surface area contributed by atoms with Crippen LogP contribution in [0.2, 0.25) is 0 Å². The van der Waals surface area contributed by atoms with Crippen LogP contribution in [0, 0.1) is 11.8 Å². The Kier molecular flexibility index (Phi) is 4.47. The van der Waals surface area contributed by atoms with Gasteiger partial charge in [0.15, 0.2) is 5.75 Å². The molecule has 2 N–H and O–H groups in total. The maximum Gasteiger partial charge on any atom is 0.410 e. The maximum absolute atomic E-state index is 10.9. The van der Waals surface area contributed by atoms with E-state index in [1.165, 1.54) is 11.8 Å². The first-order chi connectivity index (χ1) is 10.4. The third kappa shape index (κ3) is 4.10. The Bertz CT molecular complexity index is 732. The highest BCUT2D eigenvalue weighted by atomic mass is 16.5. The molecule has 0 aliphatic carbocycles. The molecule has 2 aromatic rings. The van der Waals surface area contributed by atoms with Crippen LogP contribution in [0.3, 0.4) is 0 Å². The Hall–Kier alpha value is -2.80. The molecule has 2 rings (SSSR count). The summed E-state index contributed by atoms with van der Waals surface area (Å²) in [5, 5.41) is 0. The van der Waals surface area contributed by atoms with Crippen molar-refractivity contribution in [3.63, 3.8) is 0 Å². The number of nitrogens with two attached hydrogens (primary N) is 1. The van der Waals surface area contributed by atoms with Gasteiger partial charge in [0.2, 0.25) is 0 Å². The first kappa shape index (κ1) is 15.6. The summed E-state index contributed by atoms with van der Waals surface area (Å²) in [6.07, 6.45) is 2.11. The predicted molar refractivity (Wildman–Crippen MR) is 85.6 cm³/mol. The number of primary amides is 1. The number of hydrogen-bond acceptors (Lipinski definition) is 3. The second-order valence-electron chi connectivity index (χ2n) is 5.87. The van der Waals surface area contributed by atoms with Crippen LogP contribution in [0.5, 0.6) is 5.75 Å². The number of aromatic nitrogens is 1. The highest BCUT2D eigenvalue weighted by Gasteiger charge is 2.12. The minimum Gasteiger partial charge on any atom is -0.407 e. The zero-order valence-corrected chi connectivity index (χ0v) is 12.9. The monoisotopic (exact) mass is 294 g/mol. The molecule has 0 radical (unpaired) electrons. The van der Waals surface area contributed by atoms with Crippen molar-refractivity contribution < 1.29 is 9.53 Å². The van der Waals surface area contributed by atoms with Crippen LogP contribution < -0.4 is 10.5 Å². The van der Waals surface area contributed by atoms with Gasteiger partial charge in [0, 0.05) is 11.8 Å². The molecule has 1 heterocycles. The van der Waals surface area contributed by atoms with E-state index in [1.807, 2.05) is 12.1 Å². The van der Waals surface area contributed by atoms with Crippen LogP contribution in [0.25, 0.3) is 0 Å². The molecule has 0 spiro atoms. The van der Waals surface area contributed by atoms with Gasteiger partial charge in [-0.3, -0.25) is 4.98 Å². The molecule has 22 heavy (non-hydrogen) atoms. The van der Waals surface area contributed by atoms with Gasteiger partial charge >= 0.3 is 6.09 Å². The Morgan fingerprint density at radius 2 is 1.82 bits per heavy atom. The molecule has 112 valence electrons. The zero-order chi connectivity index (χ0) is 16.2. The maximum atomic E-state index is 10.9. The van der Waals surface area contributed by atoms with Crippen LogP contribution in [-0.2, 0) is 5.41 Å². The minimum absolute atomic E-state index is 0.111. The number of rotatable bonds is 1. The standard InChI is InChI=1S/C18H18N2O2/c1-18(2,3)15-8-5-13(6-9-15)4-7-14-10-11-20-12-16(14)22-17(19)21/h5-6,8-12H,1-3H3,(H2,19,21). The van der Waals surface area contributed by atoms with E-state index < -0.39 is 6.09 Å².